The zero-order chi connectivity index (χ0) is 13.3. The number of likely N-dealkylation sites (N-methyl/N-ethyl adjacent to an activating group) is 1. The van der Waals surface area contributed by atoms with Gasteiger partial charge < -0.3 is 9.32 Å². The summed E-state index contributed by atoms with van der Waals surface area (Å²) in [6.07, 6.45) is 2.11. The third-order valence-corrected chi connectivity index (χ3v) is 3.58. The first-order chi connectivity index (χ1) is 8.54. The van der Waals surface area contributed by atoms with Crippen molar-refractivity contribution < 1.29 is 9.21 Å². The molecule has 0 spiro atoms. The average Bonchev–Trinajstić information content (AvgIpc) is 2.76. The highest BCUT2D eigenvalue weighted by Crippen LogP contribution is 2.26. The molecule has 0 atom stereocenters. The monoisotopic (exact) mass is 245 g/mol. The van der Waals surface area contributed by atoms with Crippen molar-refractivity contribution in [3.05, 3.63) is 35.1 Å². The van der Waals surface area contributed by atoms with Gasteiger partial charge in [-0.3, -0.25) is 4.79 Å². The molecule has 0 saturated carbocycles. The van der Waals surface area contributed by atoms with Crippen molar-refractivity contribution in [2.75, 3.05) is 13.6 Å². The van der Waals surface area contributed by atoms with Gasteiger partial charge in [0.1, 0.15) is 5.58 Å². The Morgan fingerprint density at radius 3 is 2.72 bits per heavy atom. The summed E-state index contributed by atoms with van der Waals surface area (Å²) in [6.45, 7) is 6.81. The standard InChI is InChI=1S/C15H19NO2/c1-5-16(4)14(17)8-12-9-18-15-11(3)10(2)6-7-13(12)15/h6-7,9H,5,8H2,1-4H3. The quantitative estimate of drug-likeness (QED) is 0.832. The zero-order valence-electron chi connectivity index (χ0n) is 11.4. The van der Waals surface area contributed by atoms with Crippen LogP contribution in [0.2, 0.25) is 0 Å². The number of nitrogens with zero attached hydrogens (tertiary/aromatic N) is 1. The van der Waals surface area contributed by atoms with E-state index in [1.54, 1.807) is 11.2 Å². The Morgan fingerprint density at radius 1 is 1.33 bits per heavy atom. The third-order valence-electron chi connectivity index (χ3n) is 3.58. The van der Waals surface area contributed by atoms with Crippen molar-refractivity contribution in [3.63, 3.8) is 0 Å². The van der Waals surface area contributed by atoms with Crippen molar-refractivity contribution in [3.8, 4) is 0 Å². The van der Waals surface area contributed by atoms with Gasteiger partial charge in [0, 0.05) is 24.5 Å². The SMILES string of the molecule is CCN(C)C(=O)Cc1coc2c(C)c(C)ccc12. The van der Waals surface area contributed by atoms with E-state index >= 15 is 0 Å². The van der Waals surface area contributed by atoms with Gasteiger partial charge in [0.25, 0.3) is 0 Å². The summed E-state index contributed by atoms with van der Waals surface area (Å²) in [7, 11) is 1.82. The molecule has 3 nitrogen and oxygen atoms in total. The molecule has 0 radical (unpaired) electrons. The fraction of sp³-hybridized carbons (Fsp3) is 0.400. The Bertz CT molecular complexity index is 583. The molecule has 0 unspecified atom stereocenters. The van der Waals surface area contributed by atoms with Crippen LogP contribution in [0.15, 0.2) is 22.8 Å². The van der Waals surface area contributed by atoms with E-state index in [0.29, 0.717) is 6.42 Å². The van der Waals surface area contributed by atoms with Crippen LogP contribution < -0.4 is 0 Å². The predicted octanol–water partition coefficient (Wildman–Crippen LogP) is 3.07. The maximum atomic E-state index is 11.9. The van der Waals surface area contributed by atoms with Crippen LogP contribution in [0.3, 0.4) is 0 Å². The number of furan rings is 1. The van der Waals surface area contributed by atoms with E-state index in [1.807, 2.05) is 27.0 Å². The first kappa shape index (κ1) is 12.7. The van der Waals surface area contributed by atoms with Crippen LogP contribution >= 0.6 is 0 Å². The molecule has 0 fully saturated rings. The molecule has 1 heterocycles. The zero-order valence-corrected chi connectivity index (χ0v) is 11.4. The number of carbonyl (C=O) groups excluding carboxylic acids is 1. The topological polar surface area (TPSA) is 33.5 Å². The van der Waals surface area contributed by atoms with Gasteiger partial charge in [-0.15, -0.1) is 0 Å². The molecule has 0 aliphatic rings. The van der Waals surface area contributed by atoms with Crippen LogP contribution in [0.5, 0.6) is 0 Å². The highest BCUT2D eigenvalue weighted by atomic mass is 16.3. The number of hydrogen-bond donors (Lipinski definition) is 0. The van der Waals surface area contributed by atoms with Crippen LogP contribution in [-0.4, -0.2) is 24.4 Å². The van der Waals surface area contributed by atoms with E-state index in [0.717, 1.165) is 28.6 Å². The number of benzene rings is 1. The van der Waals surface area contributed by atoms with Crippen molar-refractivity contribution in [1.82, 2.24) is 4.90 Å². The summed E-state index contributed by atoms with van der Waals surface area (Å²) in [4.78, 5) is 13.6. The van der Waals surface area contributed by atoms with E-state index in [4.69, 9.17) is 4.42 Å². The molecule has 18 heavy (non-hydrogen) atoms. The van der Waals surface area contributed by atoms with Crippen LogP contribution in [0.1, 0.15) is 23.6 Å². The van der Waals surface area contributed by atoms with Gasteiger partial charge in [0.15, 0.2) is 0 Å². The van der Waals surface area contributed by atoms with E-state index in [2.05, 4.69) is 13.0 Å². The minimum Gasteiger partial charge on any atom is -0.464 e. The molecule has 1 aromatic heterocycles. The molecular weight excluding hydrogens is 226 g/mol. The fourth-order valence-electron chi connectivity index (χ4n) is 2.00. The Balaban J connectivity index is 2.36. The lowest BCUT2D eigenvalue weighted by Crippen LogP contribution is -2.27. The van der Waals surface area contributed by atoms with E-state index in [-0.39, 0.29) is 5.91 Å². The first-order valence-corrected chi connectivity index (χ1v) is 6.24. The van der Waals surface area contributed by atoms with Crippen LogP contribution in [-0.2, 0) is 11.2 Å². The molecular formula is C15H19NO2. The Hall–Kier alpha value is -1.77. The smallest absolute Gasteiger partial charge is 0.226 e. The summed E-state index contributed by atoms with van der Waals surface area (Å²) in [5.41, 5.74) is 4.23. The van der Waals surface area contributed by atoms with Gasteiger partial charge >= 0.3 is 0 Å². The molecule has 1 amide bonds. The minimum atomic E-state index is 0.124. The second kappa shape index (κ2) is 4.84. The second-order valence-corrected chi connectivity index (χ2v) is 4.73. The van der Waals surface area contributed by atoms with Gasteiger partial charge in [-0.05, 0) is 31.9 Å². The Kier molecular flexibility index (Phi) is 3.41. The fourth-order valence-corrected chi connectivity index (χ4v) is 2.00. The number of carbonyl (C=O) groups is 1. The lowest BCUT2D eigenvalue weighted by atomic mass is 10.0. The van der Waals surface area contributed by atoms with Gasteiger partial charge in [-0.25, -0.2) is 0 Å². The number of aryl methyl sites for hydroxylation is 2. The lowest BCUT2D eigenvalue weighted by molar-refractivity contribution is -0.128. The maximum Gasteiger partial charge on any atom is 0.226 e. The molecule has 2 aromatic rings. The van der Waals surface area contributed by atoms with Crippen LogP contribution in [0.4, 0.5) is 0 Å². The molecule has 2 rings (SSSR count). The second-order valence-electron chi connectivity index (χ2n) is 4.73. The lowest BCUT2D eigenvalue weighted by Gasteiger charge is -2.13. The third kappa shape index (κ3) is 2.13. The summed E-state index contributed by atoms with van der Waals surface area (Å²) in [5, 5.41) is 1.05. The van der Waals surface area contributed by atoms with Crippen molar-refractivity contribution >= 4 is 16.9 Å². The van der Waals surface area contributed by atoms with Crippen LogP contribution in [0, 0.1) is 13.8 Å². The van der Waals surface area contributed by atoms with Gasteiger partial charge in [0.05, 0.1) is 12.7 Å². The number of fused-ring (bicyclic) bond motifs is 1. The predicted molar refractivity (Wildman–Crippen MR) is 72.7 cm³/mol. The number of rotatable bonds is 3. The molecule has 1 aromatic carbocycles. The Morgan fingerprint density at radius 2 is 2.06 bits per heavy atom. The molecule has 0 bridgehead atoms. The molecule has 0 aliphatic carbocycles. The number of amides is 1. The van der Waals surface area contributed by atoms with Crippen molar-refractivity contribution in [1.29, 1.82) is 0 Å². The summed E-state index contributed by atoms with van der Waals surface area (Å²) in [6, 6.07) is 4.11. The molecule has 0 N–H and O–H groups in total. The molecule has 3 heteroatoms. The number of hydrogen-bond acceptors (Lipinski definition) is 2. The van der Waals surface area contributed by atoms with Gasteiger partial charge in [0.2, 0.25) is 5.91 Å². The summed E-state index contributed by atoms with van der Waals surface area (Å²) >= 11 is 0. The summed E-state index contributed by atoms with van der Waals surface area (Å²) in [5.74, 6) is 0.124. The summed E-state index contributed by atoms with van der Waals surface area (Å²) < 4.78 is 5.60. The van der Waals surface area contributed by atoms with Gasteiger partial charge in [-0.2, -0.15) is 0 Å². The van der Waals surface area contributed by atoms with E-state index < -0.39 is 0 Å². The van der Waals surface area contributed by atoms with E-state index in [9.17, 15) is 4.79 Å². The highest BCUT2D eigenvalue weighted by Gasteiger charge is 2.14. The largest absolute Gasteiger partial charge is 0.464 e. The van der Waals surface area contributed by atoms with Crippen LogP contribution in [0.25, 0.3) is 11.0 Å². The van der Waals surface area contributed by atoms with Gasteiger partial charge in [-0.1, -0.05) is 12.1 Å². The molecule has 0 aliphatic heterocycles. The average molecular weight is 245 g/mol. The van der Waals surface area contributed by atoms with Crippen molar-refractivity contribution in [2.24, 2.45) is 0 Å². The molecule has 0 saturated heterocycles. The molecule has 96 valence electrons. The minimum absolute atomic E-state index is 0.124. The maximum absolute atomic E-state index is 11.9. The highest BCUT2D eigenvalue weighted by molar-refractivity contribution is 5.89. The van der Waals surface area contributed by atoms with E-state index in [1.165, 1.54) is 5.56 Å². The Labute approximate surface area is 107 Å². The first-order valence-electron chi connectivity index (χ1n) is 6.24. The van der Waals surface area contributed by atoms with Crippen molar-refractivity contribution in [2.45, 2.75) is 27.2 Å². The normalized spacial score (nSPS) is 10.9.